The molecule has 0 aliphatic rings. The summed E-state index contributed by atoms with van der Waals surface area (Å²) in [6.07, 6.45) is 17.7. The first-order valence-electron chi connectivity index (χ1n) is 22.0. The Balaban J connectivity index is 2.27. The second kappa shape index (κ2) is 28.7. The summed E-state index contributed by atoms with van der Waals surface area (Å²) < 4.78 is 12.8. The predicted molar refractivity (Wildman–Crippen MR) is 253 cm³/mol. The highest BCUT2D eigenvalue weighted by molar-refractivity contribution is 7.98. The van der Waals surface area contributed by atoms with Gasteiger partial charge in [0.1, 0.15) is 17.9 Å². The van der Waals surface area contributed by atoms with E-state index in [0.717, 1.165) is 42.5 Å². The average Bonchev–Trinajstić information content (AvgIpc) is 3.58. The minimum absolute atomic E-state index is 0.0242. The SMILES string of the molecule is CCOC(=O)C(C/C=C/c1ncc(CN[C@H](C(=O)N[C@@H](Cc2ccccc2)C(=O)N[C@@H](CCSC)C(=O)O)C(C)C)n1C)(C/C=C(\C)CC/C=C(\C)CCC=C(C)C)C(=O)OCC. The summed E-state index contributed by atoms with van der Waals surface area (Å²) in [5, 5.41) is 18.6. The Morgan fingerprint density at radius 3 is 2.03 bits per heavy atom. The van der Waals surface area contributed by atoms with Crippen molar-refractivity contribution in [3.63, 3.8) is 0 Å². The molecule has 1 aromatic carbocycles. The number of rotatable bonds is 29. The predicted octanol–water partition coefficient (Wildman–Crippen LogP) is 7.91. The largest absolute Gasteiger partial charge is 0.480 e. The van der Waals surface area contributed by atoms with Crippen molar-refractivity contribution < 1.29 is 38.6 Å². The molecule has 2 amide bonds. The molecule has 0 fully saturated rings. The van der Waals surface area contributed by atoms with E-state index in [4.69, 9.17) is 9.47 Å². The van der Waals surface area contributed by atoms with Crippen molar-refractivity contribution in [2.24, 2.45) is 18.4 Å². The molecule has 0 spiro atoms. The van der Waals surface area contributed by atoms with Gasteiger partial charge in [-0.2, -0.15) is 11.8 Å². The Hall–Kier alpha value is -4.95. The van der Waals surface area contributed by atoms with Gasteiger partial charge in [0.05, 0.1) is 31.1 Å². The van der Waals surface area contributed by atoms with Gasteiger partial charge in [-0.15, -0.1) is 0 Å². The number of aliphatic carboxylic acids is 1. The van der Waals surface area contributed by atoms with Crippen LogP contribution < -0.4 is 16.0 Å². The molecule has 14 heteroatoms. The maximum absolute atomic E-state index is 13.9. The van der Waals surface area contributed by atoms with Crippen molar-refractivity contribution in [1.29, 1.82) is 0 Å². The Labute approximate surface area is 380 Å². The average molecular weight is 892 g/mol. The van der Waals surface area contributed by atoms with E-state index in [9.17, 15) is 29.1 Å². The van der Waals surface area contributed by atoms with Gasteiger partial charge in [-0.1, -0.05) is 85.2 Å². The number of benzene rings is 1. The summed E-state index contributed by atoms with van der Waals surface area (Å²) in [5.41, 5.74) is 3.68. The highest BCUT2D eigenvalue weighted by Crippen LogP contribution is 2.33. The van der Waals surface area contributed by atoms with Gasteiger partial charge in [-0.05, 0) is 116 Å². The first-order valence-corrected chi connectivity index (χ1v) is 23.4. The van der Waals surface area contributed by atoms with E-state index in [1.807, 2.05) is 75.0 Å². The summed E-state index contributed by atoms with van der Waals surface area (Å²) in [7, 11) is 1.83. The van der Waals surface area contributed by atoms with Crippen LogP contribution in [0.5, 0.6) is 0 Å². The maximum Gasteiger partial charge on any atom is 0.326 e. The van der Waals surface area contributed by atoms with Gasteiger partial charge >= 0.3 is 17.9 Å². The molecule has 0 bridgehead atoms. The molecule has 0 saturated heterocycles. The number of nitrogens with one attached hydrogen (secondary N) is 3. The van der Waals surface area contributed by atoms with Crippen molar-refractivity contribution in [1.82, 2.24) is 25.5 Å². The zero-order valence-corrected chi connectivity index (χ0v) is 40.1. The third-order valence-corrected chi connectivity index (χ3v) is 11.3. The van der Waals surface area contributed by atoms with Crippen LogP contribution in [0.4, 0.5) is 0 Å². The molecule has 0 radical (unpaired) electrons. The summed E-state index contributed by atoms with van der Waals surface area (Å²) in [6.45, 7) is 16.0. The van der Waals surface area contributed by atoms with E-state index in [2.05, 4.69) is 53.9 Å². The molecule has 1 aromatic heterocycles. The summed E-state index contributed by atoms with van der Waals surface area (Å²) in [6, 6.07) is 6.42. The van der Waals surface area contributed by atoms with Crippen molar-refractivity contribution in [3.05, 3.63) is 94.6 Å². The zero-order valence-electron chi connectivity index (χ0n) is 39.3. The highest BCUT2D eigenvalue weighted by atomic mass is 32.2. The van der Waals surface area contributed by atoms with E-state index in [1.165, 1.54) is 22.9 Å². The standard InChI is InChI=1S/C49H73N5O8S/c1-11-61-47(59)49(48(60)62-12-2,29-26-37(8)22-17-21-36(7)20-16-19-34(3)4)28-18-25-42-50-32-39(54(42)9)33-51-43(35(5)6)45(56)53-41(31-38-23-14-13-15-24-38)44(55)52-40(46(57)58)27-30-63-10/h13-15,18-19,21,23-26,32,35,40-41,43,51H,11-12,16-17,20,22,27-31,33H2,1-10H3,(H,52,55)(H,53,56)(H,57,58)/b25-18+,36-21+,37-26+/t40-,41-,43-/m0/s1. The van der Waals surface area contributed by atoms with E-state index in [1.54, 1.807) is 32.2 Å². The molecule has 0 saturated carbocycles. The normalized spacial score (nSPS) is 13.6. The molecule has 4 N–H and O–H groups in total. The number of thioether (sulfide) groups is 1. The molecule has 0 aliphatic carbocycles. The number of ether oxygens (including phenoxy) is 2. The number of nitrogens with zero attached hydrogens (tertiary/aromatic N) is 2. The smallest absolute Gasteiger partial charge is 0.326 e. The fourth-order valence-corrected chi connectivity index (χ4v) is 7.27. The fraction of sp³-hybridized carbons (Fsp3) is 0.551. The van der Waals surface area contributed by atoms with E-state index >= 15 is 0 Å². The van der Waals surface area contributed by atoms with E-state index in [-0.39, 0.29) is 51.4 Å². The topological polar surface area (TPSA) is 178 Å². The van der Waals surface area contributed by atoms with Gasteiger partial charge in [0.25, 0.3) is 0 Å². The Morgan fingerprint density at radius 1 is 0.857 bits per heavy atom. The van der Waals surface area contributed by atoms with Crippen LogP contribution in [0, 0.1) is 11.3 Å². The lowest BCUT2D eigenvalue weighted by Crippen LogP contribution is -2.56. The monoisotopic (exact) mass is 892 g/mol. The quantitative estimate of drug-likeness (QED) is 0.0355. The number of carboxylic acid groups (broad SMARTS) is 1. The number of amides is 2. The number of hydrogen-bond acceptors (Lipinski definition) is 10. The van der Waals surface area contributed by atoms with Crippen molar-refractivity contribution in [3.8, 4) is 0 Å². The lowest BCUT2D eigenvalue weighted by molar-refractivity contribution is -0.171. The van der Waals surface area contributed by atoms with E-state index < -0.39 is 53.3 Å². The number of carboxylic acids is 1. The lowest BCUT2D eigenvalue weighted by Gasteiger charge is -2.27. The maximum atomic E-state index is 13.9. The molecule has 0 unspecified atom stereocenters. The fourth-order valence-electron chi connectivity index (χ4n) is 6.80. The summed E-state index contributed by atoms with van der Waals surface area (Å²) in [4.78, 5) is 71.2. The summed E-state index contributed by atoms with van der Waals surface area (Å²) >= 11 is 1.49. The van der Waals surface area contributed by atoms with Gasteiger partial charge in [0.15, 0.2) is 5.41 Å². The van der Waals surface area contributed by atoms with Gasteiger partial charge in [0.2, 0.25) is 11.8 Å². The third-order valence-electron chi connectivity index (χ3n) is 10.7. The summed E-state index contributed by atoms with van der Waals surface area (Å²) in [5.74, 6) is -2.46. The molecular weight excluding hydrogens is 819 g/mol. The Morgan fingerprint density at radius 2 is 1.46 bits per heavy atom. The van der Waals surface area contributed by atoms with Crippen LogP contribution in [-0.2, 0) is 53.5 Å². The molecule has 13 nitrogen and oxygen atoms in total. The molecular formula is C49H73N5O8S. The molecule has 348 valence electrons. The Bertz CT molecular complexity index is 1880. The number of imidazole rings is 1. The number of carbonyl (C=O) groups excluding carboxylic acids is 4. The molecule has 63 heavy (non-hydrogen) atoms. The Kier molecular flexibility index (Phi) is 24.7. The van der Waals surface area contributed by atoms with Gasteiger partial charge < -0.3 is 29.8 Å². The number of allylic oxidation sites excluding steroid dienone is 7. The molecule has 2 rings (SSSR count). The first-order chi connectivity index (χ1) is 30.0. The second-order valence-electron chi connectivity index (χ2n) is 16.5. The molecule has 1 heterocycles. The van der Waals surface area contributed by atoms with E-state index in [0.29, 0.717) is 11.6 Å². The minimum Gasteiger partial charge on any atom is -0.480 e. The van der Waals surface area contributed by atoms with Gasteiger partial charge in [0, 0.05) is 20.0 Å². The van der Waals surface area contributed by atoms with Crippen molar-refractivity contribution in [2.45, 2.75) is 131 Å². The van der Waals surface area contributed by atoms with Gasteiger partial charge in [-0.3, -0.25) is 24.5 Å². The van der Waals surface area contributed by atoms with Crippen LogP contribution in [0.3, 0.4) is 0 Å². The molecule has 3 atom stereocenters. The van der Waals surface area contributed by atoms with Crippen LogP contribution in [0.2, 0.25) is 0 Å². The van der Waals surface area contributed by atoms with Crippen LogP contribution >= 0.6 is 11.8 Å². The van der Waals surface area contributed by atoms with Crippen LogP contribution in [0.25, 0.3) is 6.08 Å². The van der Waals surface area contributed by atoms with Crippen molar-refractivity contribution >= 4 is 47.6 Å². The number of hydrogen-bond donors (Lipinski definition) is 4. The van der Waals surface area contributed by atoms with Crippen molar-refractivity contribution in [2.75, 3.05) is 25.2 Å². The van der Waals surface area contributed by atoms with Gasteiger partial charge in [-0.25, -0.2) is 9.78 Å². The van der Waals surface area contributed by atoms with Crippen LogP contribution in [-0.4, -0.2) is 87.7 Å². The molecule has 2 aromatic rings. The van der Waals surface area contributed by atoms with Crippen LogP contribution in [0.15, 0.2) is 77.6 Å². The number of carbonyl (C=O) groups is 5. The number of aromatic nitrogens is 2. The van der Waals surface area contributed by atoms with Crippen LogP contribution in [0.1, 0.15) is 117 Å². The second-order valence-corrected chi connectivity index (χ2v) is 17.5. The minimum atomic E-state index is -1.59. The molecule has 0 aliphatic heterocycles. The highest BCUT2D eigenvalue weighted by Gasteiger charge is 2.47. The zero-order chi connectivity index (χ0) is 47.0. The lowest BCUT2D eigenvalue weighted by atomic mass is 9.80. The third kappa shape index (κ3) is 18.7. The first kappa shape index (κ1) is 54.2. The number of esters is 2.